The van der Waals surface area contributed by atoms with Gasteiger partial charge in [0.15, 0.2) is 0 Å². The van der Waals surface area contributed by atoms with E-state index < -0.39 is 0 Å². The highest BCUT2D eigenvalue weighted by molar-refractivity contribution is 5.24. The summed E-state index contributed by atoms with van der Waals surface area (Å²) < 4.78 is 0. The quantitative estimate of drug-likeness (QED) is 0.447. The van der Waals surface area contributed by atoms with Crippen LogP contribution in [0, 0.1) is 17.8 Å². The molecule has 3 rings (SSSR count). The molecule has 2 fully saturated rings. The van der Waals surface area contributed by atoms with Crippen LogP contribution in [0.15, 0.2) is 11.6 Å². The summed E-state index contributed by atoms with van der Waals surface area (Å²) in [4.78, 5) is 0. The minimum absolute atomic E-state index is 1.06. The normalized spacial score (nSPS) is 54.8. The van der Waals surface area contributed by atoms with Gasteiger partial charge in [0.05, 0.1) is 0 Å². The molecule has 3 atom stereocenters. The molecule has 0 aromatic rings. The minimum atomic E-state index is 1.06. The van der Waals surface area contributed by atoms with Gasteiger partial charge in [0.25, 0.3) is 0 Å². The number of fused-ring (bicyclic) bond motifs is 2. The van der Waals surface area contributed by atoms with E-state index in [0.29, 0.717) is 0 Å². The van der Waals surface area contributed by atoms with Crippen molar-refractivity contribution in [3.63, 3.8) is 0 Å². The zero-order valence-corrected chi connectivity index (χ0v) is 6.34. The van der Waals surface area contributed by atoms with E-state index in [9.17, 15) is 0 Å². The van der Waals surface area contributed by atoms with Crippen molar-refractivity contribution in [2.75, 3.05) is 0 Å². The smallest absolute Gasteiger partial charge is 0.0166 e. The van der Waals surface area contributed by atoms with E-state index in [1.165, 1.54) is 19.3 Å². The Labute approximate surface area is 62.3 Å². The lowest BCUT2D eigenvalue weighted by Gasteiger charge is -1.99. The first-order valence-electron chi connectivity index (χ1n) is 4.62. The summed E-state index contributed by atoms with van der Waals surface area (Å²) in [6.45, 7) is 0. The molecule has 0 heteroatoms. The van der Waals surface area contributed by atoms with E-state index >= 15 is 0 Å². The van der Waals surface area contributed by atoms with E-state index in [4.69, 9.17) is 0 Å². The molecule has 0 aromatic heterocycles. The molecule has 0 nitrogen and oxygen atoms in total. The van der Waals surface area contributed by atoms with E-state index in [2.05, 4.69) is 6.08 Å². The van der Waals surface area contributed by atoms with E-state index in [1.54, 1.807) is 18.4 Å². The van der Waals surface area contributed by atoms with Gasteiger partial charge >= 0.3 is 0 Å². The highest BCUT2D eigenvalue weighted by atomic mass is 14.5. The SMILES string of the molecule is C1=C2/CC2CCC2CC2C/1. The molecule has 0 heterocycles. The number of allylic oxidation sites excluding steroid dienone is 2. The Kier molecular flexibility index (Phi) is 0.898. The Bertz CT molecular complexity index is 190. The first-order chi connectivity index (χ1) is 4.93. The third kappa shape index (κ3) is 0.744. The molecule has 0 N–H and O–H groups in total. The van der Waals surface area contributed by atoms with Gasteiger partial charge in [0.2, 0.25) is 0 Å². The first kappa shape index (κ1) is 5.40. The maximum absolute atomic E-state index is 2.54. The summed E-state index contributed by atoms with van der Waals surface area (Å²) in [6, 6.07) is 0. The predicted molar refractivity (Wildman–Crippen MR) is 41.6 cm³/mol. The van der Waals surface area contributed by atoms with Crippen LogP contribution in [0.1, 0.15) is 32.1 Å². The molecule has 3 aliphatic rings. The molecule has 0 amide bonds. The Morgan fingerprint density at radius 3 is 3.20 bits per heavy atom. The van der Waals surface area contributed by atoms with Crippen molar-refractivity contribution < 1.29 is 0 Å². The molecule has 0 spiro atoms. The predicted octanol–water partition coefficient (Wildman–Crippen LogP) is 2.75. The molecule has 3 unspecified atom stereocenters. The molecule has 54 valence electrons. The number of hydrogen-bond acceptors (Lipinski definition) is 0. The second kappa shape index (κ2) is 1.66. The summed E-state index contributed by atoms with van der Waals surface area (Å²) in [5, 5.41) is 0. The first-order valence-corrected chi connectivity index (χ1v) is 4.62. The van der Waals surface area contributed by atoms with Crippen LogP contribution in [0.2, 0.25) is 0 Å². The molecule has 0 radical (unpaired) electrons. The van der Waals surface area contributed by atoms with Crippen LogP contribution in [0.3, 0.4) is 0 Å². The van der Waals surface area contributed by atoms with Crippen LogP contribution in [-0.2, 0) is 0 Å². The Morgan fingerprint density at radius 1 is 1.20 bits per heavy atom. The van der Waals surface area contributed by atoms with Gasteiger partial charge in [0, 0.05) is 0 Å². The average molecular weight is 134 g/mol. The van der Waals surface area contributed by atoms with Crippen molar-refractivity contribution in [1.29, 1.82) is 0 Å². The maximum Gasteiger partial charge on any atom is -0.0166 e. The molecule has 0 aromatic carbocycles. The lowest BCUT2D eigenvalue weighted by Crippen LogP contribution is -1.87. The second-order valence-electron chi connectivity index (χ2n) is 4.25. The van der Waals surface area contributed by atoms with E-state index in [-0.39, 0.29) is 0 Å². The fraction of sp³-hybridized carbons (Fsp3) is 0.800. The lowest BCUT2D eigenvalue weighted by atomic mass is 10.1. The summed E-state index contributed by atoms with van der Waals surface area (Å²) in [7, 11) is 0. The van der Waals surface area contributed by atoms with Gasteiger partial charge in [-0.1, -0.05) is 11.6 Å². The van der Waals surface area contributed by atoms with Crippen molar-refractivity contribution in [3.05, 3.63) is 11.6 Å². The van der Waals surface area contributed by atoms with Gasteiger partial charge in [-0.2, -0.15) is 0 Å². The molecule has 0 bridgehead atoms. The Hall–Kier alpha value is -0.260. The minimum Gasteiger partial charge on any atom is -0.0847 e. The molecule has 2 saturated carbocycles. The molecule has 3 aliphatic carbocycles. The zero-order valence-electron chi connectivity index (χ0n) is 6.34. The van der Waals surface area contributed by atoms with Crippen molar-refractivity contribution in [2.45, 2.75) is 32.1 Å². The van der Waals surface area contributed by atoms with E-state index in [1.807, 2.05) is 0 Å². The maximum atomic E-state index is 2.54. The summed E-state index contributed by atoms with van der Waals surface area (Å²) in [5.74, 6) is 3.33. The monoisotopic (exact) mass is 134 g/mol. The van der Waals surface area contributed by atoms with Crippen LogP contribution in [-0.4, -0.2) is 0 Å². The number of rotatable bonds is 0. The van der Waals surface area contributed by atoms with Crippen LogP contribution in [0.4, 0.5) is 0 Å². The van der Waals surface area contributed by atoms with Crippen LogP contribution < -0.4 is 0 Å². The largest absolute Gasteiger partial charge is 0.0847 e. The van der Waals surface area contributed by atoms with Crippen molar-refractivity contribution in [2.24, 2.45) is 17.8 Å². The average Bonchev–Trinajstić information content (AvgIpc) is 2.70. The van der Waals surface area contributed by atoms with Crippen molar-refractivity contribution >= 4 is 0 Å². The van der Waals surface area contributed by atoms with Crippen LogP contribution in [0.5, 0.6) is 0 Å². The zero-order chi connectivity index (χ0) is 6.55. The molecular weight excluding hydrogens is 120 g/mol. The van der Waals surface area contributed by atoms with Crippen LogP contribution >= 0.6 is 0 Å². The number of hydrogen-bond donors (Lipinski definition) is 0. The second-order valence-corrected chi connectivity index (χ2v) is 4.25. The van der Waals surface area contributed by atoms with Gasteiger partial charge in [-0.25, -0.2) is 0 Å². The van der Waals surface area contributed by atoms with Gasteiger partial charge < -0.3 is 0 Å². The fourth-order valence-corrected chi connectivity index (χ4v) is 2.43. The molecule has 0 saturated heterocycles. The van der Waals surface area contributed by atoms with Gasteiger partial charge in [-0.05, 0) is 49.9 Å². The third-order valence-electron chi connectivity index (χ3n) is 3.48. The van der Waals surface area contributed by atoms with E-state index in [0.717, 1.165) is 17.8 Å². The highest BCUT2D eigenvalue weighted by Crippen LogP contribution is 2.52. The van der Waals surface area contributed by atoms with Crippen LogP contribution in [0.25, 0.3) is 0 Å². The molecule has 10 heavy (non-hydrogen) atoms. The summed E-state index contributed by atoms with van der Waals surface area (Å²) >= 11 is 0. The molecule has 0 aliphatic heterocycles. The van der Waals surface area contributed by atoms with Gasteiger partial charge in [-0.3, -0.25) is 0 Å². The topological polar surface area (TPSA) is 0 Å². The van der Waals surface area contributed by atoms with Crippen molar-refractivity contribution in [3.8, 4) is 0 Å². The van der Waals surface area contributed by atoms with Crippen molar-refractivity contribution in [1.82, 2.24) is 0 Å². The highest BCUT2D eigenvalue weighted by Gasteiger charge is 2.40. The van der Waals surface area contributed by atoms with Gasteiger partial charge in [-0.15, -0.1) is 0 Å². The fourth-order valence-electron chi connectivity index (χ4n) is 2.43. The standard InChI is InChI=1S/C10H14/c1-2-8-6-10(8)4-3-9-5-7(1)9/h1,8-10H,2-6H2/b7-1-. The summed E-state index contributed by atoms with van der Waals surface area (Å²) in [6.07, 6.45) is 10.0. The summed E-state index contributed by atoms with van der Waals surface area (Å²) in [5.41, 5.74) is 1.80. The Morgan fingerprint density at radius 2 is 2.20 bits per heavy atom. The third-order valence-corrected chi connectivity index (χ3v) is 3.48. The molecular formula is C10H14. The Balaban J connectivity index is 1.79. The lowest BCUT2D eigenvalue weighted by molar-refractivity contribution is 0.577. The van der Waals surface area contributed by atoms with Gasteiger partial charge in [0.1, 0.15) is 0 Å².